The van der Waals surface area contributed by atoms with E-state index in [4.69, 9.17) is 30.5 Å². The fourth-order valence-corrected chi connectivity index (χ4v) is 3.49. The molecule has 0 atom stereocenters. The van der Waals surface area contributed by atoms with E-state index in [0.717, 1.165) is 40.8 Å². The molecule has 0 saturated heterocycles. The molecule has 2 aromatic carbocycles. The topological polar surface area (TPSA) is 62.3 Å². The standard InChI is InChI=1S/C25H26ClN3O3/c1-17(2)31-22-8-5-4-7-21(22)30-16-6-9-23-24(19-10-12-20(26)13-11-19)28-25(32-23)29-15-14-27-18(29)3/h4-5,7-8,10-15,17H,6,9,16H2,1-3H3. The third-order valence-electron chi connectivity index (χ3n) is 4.85. The van der Waals surface area contributed by atoms with Crippen LogP contribution in [-0.2, 0) is 6.42 Å². The lowest BCUT2D eigenvalue weighted by Gasteiger charge is -2.14. The molecule has 0 amide bonds. The van der Waals surface area contributed by atoms with E-state index in [2.05, 4.69) is 4.98 Å². The summed E-state index contributed by atoms with van der Waals surface area (Å²) in [6.45, 7) is 6.44. The zero-order chi connectivity index (χ0) is 22.5. The summed E-state index contributed by atoms with van der Waals surface area (Å²) in [7, 11) is 0. The molecule has 0 spiro atoms. The van der Waals surface area contributed by atoms with Gasteiger partial charge in [0.05, 0.1) is 12.7 Å². The summed E-state index contributed by atoms with van der Waals surface area (Å²) in [4.78, 5) is 9.02. The van der Waals surface area contributed by atoms with Gasteiger partial charge in [-0.2, -0.15) is 4.98 Å². The Morgan fingerprint density at radius 3 is 2.50 bits per heavy atom. The van der Waals surface area contributed by atoms with Crippen LogP contribution in [0.15, 0.2) is 65.3 Å². The van der Waals surface area contributed by atoms with Crippen molar-refractivity contribution in [2.75, 3.05) is 6.61 Å². The van der Waals surface area contributed by atoms with Crippen molar-refractivity contribution in [1.82, 2.24) is 14.5 Å². The van der Waals surface area contributed by atoms with Crippen LogP contribution in [0, 0.1) is 6.92 Å². The first kappa shape index (κ1) is 22.0. The molecule has 2 aromatic heterocycles. The second-order valence-electron chi connectivity index (χ2n) is 7.68. The molecule has 7 heteroatoms. The summed E-state index contributed by atoms with van der Waals surface area (Å²) in [5, 5.41) is 0.681. The monoisotopic (exact) mass is 451 g/mol. The highest BCUT2D eigenvalue weighted by atomic mass is 35.5. The predicted octanol–water partition coefficient (Wildman–Crippen LogP) is 6.29. The van der Waals surface area contributed by atoms with Gasteiger partial charge in [0.1, 0.15) is 17.3 Å². The van der Waals surface area contributed by atoms with Crippen molar-refractivity contribution in [1.29, 1.82) is 0 Å². The Labute approximate surface area is 192 Å². The Hall–Kier alpha value is -3.25. The molecule has 0 aliphatic carbocycles. The van der Waals surface area contributed by atoms with Gasteiger partial charge >= 0.3 is 6.01 Å². The molecule has 4 aromatic rings. The van der Waals surface area contributed by atoms with E-state index >= 15 is 0 Å². The number of hydrogen-bond donors (Lipinski definition) is 0. The SMILES string of the molecule is Cc1nccn1-c1nc(-c2ccc(Cl)cc2)c(CCCOc2ccccc2OC(C)C)o1. The summed E-state index contributed by atoms with van der Waals surface area (Å²) in [6.07, 6.45) is 5.08. The highest BCUT2D eigenvalue weighted by Gasteiger charge is 2.17. The average molecular weight is 452 g/mol. The van der Waals surface area contributed by atoms with Crippen molar-refractivity contribution < 1.29 is 13.9 Å². The average Bonchev–Trinajstić information content (AvgIpc) is 3.38. The van der Waals surface area contributed by atoms with Gasteiger partial charge in [0.2, 0.25) is 0 Å². The number of para-hydroxylation sites is 2. The molecule has 0 aliphatic heterocycles. The second kappa shape index (κ2) is 9.92. The third kappa shape index (κ3) is 5.14. The first-order valence-corrected chi connectivity index (χ1v) is 11.0. The van der Waals surface area contributed by atoms with Crippen molar-refractivity contribution in [3.63, 3.8) is 0 Å². The quantitative estimate of drug-likeness (QED) is 0.280. The fraction of sp³-hybridized carbons (Fsp3) is 0.280. The van der Waals surface area contributed by atoms with Gasteiger partial charge in [0.25, 0.3) is 0 Å². The largest absolute Gasteiger partial charge is 0.490 e. The van der Waals surface area contributed by atoms with Crippen LogP contribution in [0.1, 0.15) is 31.9 Å². The molecule has 0 bridgehead atoms. The minimum atomic E-state index is 0.0842. The summed E-state index contributed by atoms with van der Waals surface area (Å²) >= 11 is 6.07. The van der Waals surface area contributed by atoms with Gasteiger partial charge in [-0.15, -0.1) is 0 Å². The number of oxazole rings is 1. The number of rotatable bonds is 9. The van der Waals surface area contributed by atoms with Gasteiger partial charge in [-0.25, -0.2) is 4.98 Å². The van der Waals surface area contributed by atoms with E-state index in [-0.39, 0.29) is 6.10 Å². The molecule has 166 valence electrons. The first-order valence-electron chi connectivity index (χ1n) is 10.7. The van der Waals surface area contributed by atoms with E-state index in [1.807, 2.05) is 80.1 Å². The van der Waals surface area contributed by atoms with Crippen molar-refractivity contribution in [3.05, 3.63) is 77.5 Å². The van der Waals surface area contributed by atoms with Gasteiger partial charge in [-0.05, 0) is 51.5 Å². The van der Waals surface area contributed by atoms with Crippen LogP contribution in [0.3, 0.4) is 0 Å². The van der Waals surface area contributed by atoms with E-state index in [1.165, 1.54) is 0 Å². The second-order valence-corrected chi connectivity index (χ2v) is 8.12. The number of ether oxygens (including phenoxy) is 2. The Bertz CT molecular complexity index is 1170. The zero-order valence-electron chi connectivity index (χ0n) is 18.4. The number of halogens is 1. The van der Waals surface area contributed by atoms with Crippen LogP contribution in [0.25, 0.3) is 17.3 Å². The summed E-state index contributed by atoms with van der Waals surface area (Å²) < 4.78 is 19.8. The minimum absolute atomic E-state index is 0.0842. The molecule has 0 fully saturated rings. The summed E-state index contributed by atoms with van der Waals surface area (Å²) in [5.74, 6) is 3.10. The molecule has 0 aliphatic rings. The minimum Gasteiger partial charge on any atom is -0.490 e. The predicted molar refractivity (Wildman–Crippen MR) is 125 cm³/mol. The maximum atomic E-state index is 6.15. The molecule has 2 heterocycles. The lowest BCUT2D eigenvalue weighted by atomic mass is 10.1. The van der Waals surface area contributed by atoms with Crippen molar-refractivity contribution in [2.45, 2.75) is 39.7 Å². The van der Waals surface area contributed by atoms with E-state index in [9.17, 15) is 0 Å². The Morgan fingerprint density at radius 2 is 1.81 bits per heavy atom. The highest BCUT2D eigenvalue weighted by molar-refractivity contribution is 6.30. The fourth-order valence-electron chi connectivity index (χ4n) is 3.36. The van der Waals surface area contributed by atoms with E-state index in [1.54, 1.807) is 6.20 Å². The van der Waals surface area contributed by atoms with Gasteiger partial charge in [-0.3, -0.25) is 4.57 Å². The number of hydrogen-bond acceptors (Lipinski definition) is 5. The number of aromatic nitrogens is 3. The van der Waals surface area contributed by atoms with Crippen LogP contribution in [0.5, 0.6) is 11.5 Å². The molecule has 0 unspecified atom stereocenters. The molecular weight excluding hydrogens is 426 g/mol. The molecule has 6 nitrogen and oxygen atoms in total. The molecule has 32 heavy (non-hydrogen) atoms. The summed E-state index contributed by atoms with van der Waals surface area (Å²) in [6, 6.07) is 15.8. The molecule has 4 rings (SSSR count). The highest BCUT2D eigenvalue weighted by Crippen LogP contribution is 2.30. The van der Waals surface area contributed by atoms with Crippen LogP contribution in [0.4, 0.5) is 0 Å². The first-order chi connectivity index (χ1) is 15.5. The third-order valence-corrected chi connectivity index (χ3v) is 5.11. The lowest BCUT2D eigenvalue weighted by molar-refractivity contribution is 0.219. The molecule has 0 radical (unpaired) electrons. The normalized spacial score (nSPS) is 11.2. The zero-order valence-corrected chi connectivity index (χ0v) is 19.2. The Morgan fingerprint density at radius 1 is 1.06 bits per heavy atom. The maximum Gasteiger partial charge on any atom is 0.307 e. The van der Waals surface area contributed by atoms with Crippen molar-refractivity contribution in [3.8, 4) is 28.8 Å². The number of imidazole rings is 1. The Balaban J connectivity index is 1.50. The van der Waals surface area contributed by atoms with Crippen LogP contribution >= 0.6 is 11.6 Å². The van der Waals surface area contributed by atoms with Crippen LogP contribution < -0.4 is 9.47 Å². The maximum absolute atomic E-state index is 6.15. The smallest absolute Gasteiger partial charge is 0.307 e. The number of nitrogens with zero attached hydrogens (tertiary/aromatic N) is 3. The number of aryl methyl sites for hydroxylation is 2. The van der Waals surface area contributed by atoms with Gasteiger partial charge in [-0.1, -0.05) is 35.9 Å². The molecule has 0 saturated carbocycles. The van der Waals surface area contributed by atoms with Crippen LogP contribution in [-0.4, -0.2) is 27.2 Å². The molecular formula is C25H26ClN3O3. The van der Waals surface area contributed by atoms with Crippen molar-refractivity contribution >= 4 is 11.6 Å². The Kier molecular flexibility index (Phi) is 6.81. The number of benzene rings is 2. The van der Waals surface area contributed by atoms with Gasteiger partial charge < -0.3 is 13.9 Å². The van der Waals surface area contributed by atoms with Crippen LogP contribution in [0.2, 0.25) is 5.02 Å². The van der Waals surface area contributed by atoms with E-state index < -0.39 is 0 Å². The lowest BCUT2D eigenvalue weighted by Crippen LogP contribution is -2.08. The van der Waals surface area contributed by atoms with Crippen molar-refractivity contribution in [2.24, 2.45) is 0 Å². The van der Waals surface area contributed by atoms with E-state index in [0.29, 0.717) is 24.1 Å². The van der Waals surface area contributed by atoms with Gasteiger partial charge in [0, 0.05) is 29.4 Å². The summed E-state index contributed by atoms with van der Waals surface area (Å²) in [5.41, 5.74) is 1.75. The van der Waals surface area contributed by atoms with Gasteiger partial charge in [0.15, 0.2) is 11.5 Å². The molecule has 0 N–H and O–H groups in total.